The van der Waals surface area contributed by atoms with Crippen molar-refractivity contribution < 1.29 is 19.2 Å². The maximum atomic E-state index is 16.1. The molecule has 92 heavy (non-hydrogen) atoms. The largest absolute Gasteiger partial charge is 0.306 e. The van der Waals surface area contributed by atoms with E-state index < -0.39 is 0 Å². The summed E-state index contributed by atoms with van der Waals surface area (Å²) in [7, 11) is 0. The van der Waals surface area contributed by atoms with E-state index in [1.165, 1.54) is 167 Å². The molecule has 506 valence electrons. The van der Waals surface area contributed by atoms with Gasteiger partial charge in [-0.2, -0.15) is 0 Å². The van der Waals surface area contributed by atoms with Crippen LogP contribution in [0.4, 0.5) is 0 Å². The molecule has 12 heteroatoms. The van der Waals surface area contributed by atoms with Crippen molar-refractivity contribution in [2.24, 2.45) is 11.8 Å². The van der Waals surface area contributed by atoms with E-state index in [-0.39, 0.29) is 23.6 Å². The third-order valence-corrected chi connectivity index (χ3v) is 24.1. The molecular formula is C80H118N4O4S4. The monoisotopic (exact) mass is 1330 g/mol. The zero-order chi connectivity index (χ0) is 64.9. The number of carbonyl (C=O) groups is 4. The van der Waals surface area contributed by atoms with Crippen LogP contribution in [0.5, 0.6) is 0 Å². The van der Waals surface area contributed by atoms with Gasteiger partial charge in [-0.1, -0.05) is 272 Å². The van der Waals surface area contributed by atoms with Crippen LogP contribution in [0.2, 0.25) is 0 Å². The molecule has 0 radical (unpaired) electrons. The average Bonchev–Trinajstić information content (AvgIpc) is 1.57. The number of rotatable bonds is 51. The Labute approximate surface area is 573 Å². The minimum atomic E-state index is -0.0627. The van der Waals surface area contributed by atoms with E-state index in [4.69, 9.17) is 0 Å². The summed E-state index contributed by atoms with van der Waals surface area (Å²) in [6, 6.07) is 17.0. The lowest BCUT2D eigenvalue weighted by atomic mass is 9.93. The number of hydrogen-bond donors (Lipinski definition) is 0. The Kier molecular flexibility index (Phi) is 32.1. The van der Waals surface area contributed by atoms with Crippen molar-refractivity contribution in [2.45, 2.75) is 298 Å². The molecule has 0 aromatic carbocycles. The number of thiophene rings is 4. The lowest BCUT2D eigenvalue weighted by Gasteiger charge is -2.29. The normalized spacial score (nSPS) is 15.8. The highest BCUT2D eigenvalue weighted by Crippen LogP contribution is 2.53. The van der Waals surface area contributed by atoms with E-state index >= 15 is 19.2 Å². The first kappa shape index (κ1) is 73.4. The lowest BCUT2D eigenvalue weighted by Crippen LogP contribution is -2.34. The first-order valence-electron chi connectivity index (χ1n) is 37.7. The summed E-state index contributed by atoms with van der Waals surface area (Å²) >= 11 is 6.58. The Hall–Kier alpha value is -4.36. The minimum Gasteiger partial charge on any atom is -0.306 e. The molecule has 4 aliphatic rings. The van der Waals surface area contributed by atoms with Crippen LogP contribution < -0.4 is 0 Å². The SMILES string of the molecule is CCCCCCCCCCC(CCCCCCCC)CN1C(=O)C2=C(c3ccc(-c4ccc(C5=C6C(=O)N(CCCCCC)C(c7cccs7)=C6C(=O)N5CCCCCC)s4)s3)N(CC(CCCCCCCC)CCCCCCCCCC)C(=O)C2=C1c1cccs1. The second kappa shape index (κ2) is 40.3. The highest BCUT2D eigenvalue weighted by Gasteiger charge is 2.51. The molecule has 0 N–H and O–H groups in total. The number of unbranched alkanes of at least 4 members (excludes halogenated alkanes) is 30. The van der Waals surface area contributed by atoms with E-state index in [2.05, 4.69) is 99.2 Å². The summed E-state index contributed by atoms with van der Waals surface area (Å²) in [6.07, 6.45) is 48.0. The molecule has 0 spiro atoms. The predicted molar refractivity (Wildman–Crippen MR) is 397 cm³/mol. The van der Waals surface area contributed by atoms with Gasteiger partial charge in [-0.3, -0.25) is 19.2 Å². The van der Waals surface area contributed by atoms with Crippen LogP contribution >= 0.6 is 45.3 Å². The Morgan fingerprint density at radius 1 is 0.283 bits per heavy atom. The third kappa shape index (κ3) is 19.9. The number of carbonyl (C=O) groups excluding carboxylic acids is 4. The molecule has 2 atom stereocenters. The number of fused-ring (bicyclic) bond motifs is 2. The molecule has 8 rings (SSSR count). The summed E-state index contributed by atoms with van der Waals surface area (Å²) in [5.41, 5.74) is 5.49. The smallest absolute Gasteiger partial charge is 0.261 e. The van der Waals surface area contributed by atoms with E-state index in [0.29, 0.717) is 60.3 Å². The van der Waals surface area contributed by atoms with Crippen molar-refractivity contribution in [3.63, 3.8) is 0 Å². The molecule has 4 amide bonds. The van der Waals surface area contributed by atoms with Crippen LogP contribution in [0.1, 0.15) is 318 Å². The number of nitrogens with zero attached hydrogens (tertiary/aromatic N) is 4. The summed E-state index contributed by atoms with van der Waals surface area (Å²) in [5.74, 6) is 0.533. The number of hydrogen-bond acceptors (Lipinski definition) is 8. The Bertz CT molecular complexity index is 3010. The quantitative estimate of drug-likeness (QED) is 0.0413. The molecule has 0 bridgehead atoms. The van der Waals surface area contributed by atoms with Gasteiger partial charge in [-0.15, -0.1) is 45.3 Å². The molecule has 8 nitrogen and oxygen atoms in total. The molecule has 4 aliphatic heterocycles. The lowest BCUT2D eigenvalue weighted by molar-refractivity contribution is -0.124. The molecule has 0 fully saturated rings. The van der Waals surface area contributed by atoms with Crippen molar-refractivity contribution in [1.29, 1.82) is 0 Å². The van der Waals surface area contributed by atoms with Gasteiger partial charge in [0.1, 0.15) is 0 Å². The minimum absolute atomic E-state index is 0.00760. The van der Waals surface area contributed by atoms with Crippen molar-refractivity contribution in [1.82, 2.24) is 19.6 Å². The molecule has 4 aromatic rings. The van der Waals surface area contributed by atoms with Gasteiger partial charge < -0.3 is 19.6 Å². The van der Waals surface area contributed by atoms with Gasteiger partial charge in [0.25, 0.3) is 23.6 Å². The van der Waals surface area contributed by atoms with E-state index in [1.807, 2.05) is 21.2 Å². The first-order chi connectivity index (χ1) is 45.2. The molecule has 8 heterocycles. The van der Waals surface area contributed by atoms with Crippen LogP contribution in [0.25, 0.3) is 32.5 Å². The van der Waals surface area contributed by atoms with Crippen molar-refractivity contribution >= 4 is 91.8 Å². The topological polar surface area (TPSA) is 81.2 Å². The summed E-state index contributed by atoms with van der Waals surface area (Å²) < 4.78 is 0. The zero-order valence-electron chi connectivity index (χ0n) is 58.1. The average molecular weight is 1330 g/mol. The maximum Gasteiger partial charge on any atom is 0.261 e. The van der Waals surface area contributed by atoms with Gasteiger partial charge in [0.2, 0.25) is 0 Å². The van der Waals surface area contributed by atoms with Crippen LogP contribution in [-0.4, -0.2) is 69.4 Å². The van der Waals surface area contributed by atoms with Crippen LogP contribution in [0.3, 0.4) is 0 Å². The Balaban J connectivity index is 1.17. The fraction of sp³-hybridized carbons (Fsp3) is 0.650. The molecule has 0 aliphatic carbocycles. The Morgan fingerprint density at radius 3 is 0.837 bits per heavy atom. The zero-order valence-corrected chi connectivity index (χ0v) is 61.4. The van der Waals surface area contributed by atoms with Gasteiger partial charge in [0.05, 0.1) is 64.6 Å². The third-order valence-electron chi connectivity index (χ3n) is 20.0. The van der Waals surface area contributed by atoms with Gasteiger partial charge >= 0.3 is 0 Å². The second-order valence-corrected chi connectivity index (χ2v) is 31.5. The molecule has 0 saturated carbocycles. The van der Waals surface area contributed by atoms with Gasteiger partial charge in [0.15, 0.2) is 0 Å². The maximum absolute atomic E-state index is 16.1. The molecule has 4 aromatic heterocycles. The van der Waals surface area contributed by atoms with Crippen LogP contribution in [0, 0.1) is 11.8 Å². The van der Waals surface area contributed by atoms with E-state index in [1.54, 1.807) is 45.3 Å². The highest BCUT2D eigenvalue weighted by atomic mass is 32.1. The van der Waals surface area contributed by atoms with Crippen molar-refractivity contribution in [2.75, 3.05) is 26.2 Å². The number of amides is 4. The molecule has 0 saturated heterocycles. The van der Waals surface area contributed by atoms with Gasteiger partial charge in [-0.25, -0.2) is 0 Å². The van der Waals surface area contributed by atoms with E-state index in [0.717, 1.165) is 142 Å². The highest BCUT2D eigenvalue weighted by molar-refractivity contribution is 7.23. The van der Waals surface area contributed by atoms with Crippen molar-refractivity contribution in [3.05, 3.63) is 101 Å². The summed E-state index contributed by atoms with van der Waals surface area (Å²) in [5, 5.41) is 4.15. The van der Waals surface area contributed by atoms with Crippen LogP contribution in [0.15, 0.2) is 81.6 Å². The summed E-state index contributed by atoms with van der Waals surface area (Å²) in [6.45, 7) is 16.0. The fourth-order valence-electron chi connectivity index (χ4n) is 14.7. The fourth-order valence-corrected chi connectivity index (χ4v) is 18.5. The first-order valence-corrected chi connectivity index (χ1v) is 41.1. The van der Waals surface area contributed by atoms with Gasteiger partial charge in [-0.05, 0) is 97.5 Å². The Morgan fingerprint density at radius 2 is 0.533 bits per heavy atom. The summed E-state index contributed by atoms with van der Waals surface area (Å²) in [4.78, 5) is 76.3. The predicted octanol–water partition coefficient (Wildman–Crippen LogP) is 24.2. The van der Waals surface area contributed by atoms with Gasteiger partial charge in [0, 0.05) is 35.9 Å². The second-order valence-electron chi connectivity index (χ2n) is 27.4. The van der Waals surface area contributed by atoms with Crippen molar-refractivity contribution in [3.8, 4) is 9.75 Å². The van der Waals surface area contributed by atoms with E-state index in [9.17, 15) is 0 Å². The molecule has 2 unspecified atom stereocenters. The van der Waals surface area contributed by atoms with Crippen LogP contribution in [-0.2, 0) is 19.2 Å². The standard InChI is InChI=1S/C80H118N4O4S4/c1-7-13-19-25-29-31-35-39-47-61(45-37-33-27-21-15-9-3)59-83-74(66-50-44-58-90-66)70-72(80(83)88)76(84(79(70)87)60-62(46-38-34-28-22-16-10-4)48-40-36-32-30-26-20-14-8-2)68-54-52-64(92-68)63-51-53-67(91-63)75-71-69(77(85)82(75)56-42-24-18-12-6)73(65-49-43-57-89-65)81(78(71)86)55-41-23-17-11-5/h43-44,49-54,57-58,61-62H,7-42,45-48,55-56,59-60H2,1-6H3. The molecular weight excluding hydrogens is 1210 g/mol.